The van der Waals surface area contributed by atoms with Crippen LogP contribution in [-0.2, 0) is 4.79 Å². The Morgan fingerprint density at radius 1 is 1.39 bits per heavy atom. The average Bonchev–Trinajstić information content (AvgIpc) is 2.93. The molecular formula is C14H23N3O. The van der Waals surface area contributed by atoms with E-state index in [0.29, 0.717) is 19.4 Å². The maximum absolute atomic E-state index is 11.8. The van der Waals surface area contributed by atoms with Crippen LogP contribution in [0.2, 0.25) is 0 Å². The van der Waals surface area contributed by atoms with Crippen LogP contribution in [-0.4, -0.2) is 48.9 Å². The van der Waals surface area contributed by atoms with Crippen LogP contribution in [0.15, 0.2) is 0 Å². The van der Waals surface area contributed by atoms with Crippen molar-refractivity contribution in [3.8, 4) is 6.07 Å². The highest BCUT2D eigenvalue weighted by Gasteiger charge is 2.35. The molecule has 0 aromatic rings. The van der Waals surface area contributed by atoms with E-state index in [1.54, 1.807) is 11.9 Å². The summed E-state index contributed by atoms with van der Waals surface area (Å²) in [6.07, 6.45) is 5.20. The first-order valence-electron chi connectivity index (χ1n) is 7.04. The highest BCUT2D eigenvalue weighted by Crippen LogP contribution is 2.37. The maximum Gasteiger partial charge on any atom is 0.223 e. The standard InChI is InChI=1S/C14H23N3O/c1-16(8-3-7-15)14(18)6-9-17-10-12-4-2-5-13(12)11-17/h12-13H,2-6,8-11H2,1H3. The summed E-state index contributed by atoms with van der Waals surface area (Å²) in [6.45, 7) is 3.84. The van der Waals surface area contributed by atoms with Crippen LogP contribution >= 0.6 is 0 Å². The predicted octanol–water partition coefficient (Wildman–Crippen LogP) is 1.48. The van der Waals surface area contributed by atoms with Crippen LogP contribution in [0.4, 0.5) is 0 Å². The lowest BCUT2D eigenvalue weighted by Gasteiger charge is -2.19. The topological polar surface area (TPSA) is 47.3 Å². The summed E-state index contributed by atoms with van der Waals surface area (Å²) in [5.74, 6) is 1.97. The number of amides is 1. The molecule has 1 saturated carbocycles. The second-order valence-electron chi connectivity index (χ2n) is 5.68. The Morgan fingerprint density at radius 2 is 2.06 bits per heavy atom. The van der Waals surface area contributed by atoms with Gasteiger partial charge in [-0.2, -0.15) is 5.26 Å². The number of likely N-dealkylation sites (tertiary alicyclic amines) is 1. The summed E-state index contributed by atoms with van der Waals surface area (Å²) in [6, 6.07) is 2.07. The third-order valence-electron chi connectivity index (χ3n) is 4.43. The van der Waals surface area contributed by atoms with E-state index in [1.807, 2.05) is 0 Å². The molecule has 2 atom stereocenters. The van der Waals surface area contributed by atoms with Gasteiger partial charge in [-0.1, -0.05) is 6.42 Å². The van der Waals surface area contributed by atoms with Gasteiger partial charge >= 0.3 is 0 Å². The van der Waals surface area contributed by atoms with E-state index in [9.17, 15) is 4.79 Å². The summed E-state index contributed by atoms with van der Waals surface area (Å²) < 4.78 is 0. The molecule has 0 spiro atoms. The molecule has 2 unspecified atom stereocenters. The summed E-state index contributed by atoms with van der Waals surface area (Å²) in [5, 5.41) is 8.50. The van der Waals surface area contributed by atoms with Crippen LogP contribution in [0, 0.1) is 23.2 Å². The van der Waals surface area contributed by atoms with Gasteiger partial charge in [-0.05, 0) is 24.7 Å². The molecular weight excluding hydrogens is 226 g/mol. The molecule has 2 rings (SSSR count). The van der Waals surface area contributed by atoms with E-state index in [1.165, 1.54) is 32.4 Å². The first kappa shape index (κ1) is 13.4. The SMILES string of the molecule is CN(CCC#N)C(=O)CCN1CC2CCCC2C1. The highest BCUT2D eigenvalue weighted by atomic mass is 16.2. The minimum Gasteiger partial charge on any atom is -0.345 e. The van der Waals surface area contributed by atoms with Crippen LogP contribution in [0.5, 0.6) is 0 Å². The zero-order valence-corrected chi connectivity index (χ0v) is 11.3. The smallest absolute Gasteiger partial charge is 0.223 e. The van der Waals surface area contributed by atoms with E-state index in [-0.39, 0.29) is 5.91 Å². The van der Waals surface area contributed by atoms with Gasteiger partial charge in [0.25, 0.3) is 0 Å². The number of rotatable bonds is 5. The summed E-state index contributed by atoms with van der Waals surface area (Å²) in [7, 11) is 1.79. The molecule has 1 saturated heterocycles. The third-order valence-corrected chi connectivity index (χ3v) is 4.43. The van der Waals surface area contributed by atoms with Crippen LogP contribution in [0.3, 0.4) is 0 Å². The van der Waals surface area contributed by atoms with Crippen molar-refractivity contribution >= 4 is 5.91 Å². The first-order valence-corrected chi connectivity index (χ1v) is 7.04. The fourth-order valence-corrected chi connectivity index (χ4v) is 3.30. The molecule has 2 fully saturated rings. The zero-order chi connectivity index (χ0) is 13.0. The van der Waals surface area contributed by atoms with Gasteiger partial charge in [0.15, 0.2) is 0 Å². The van der Waals surface area contributed by atoms with Crippen LogP contribution in [0.1, 0.15) is 32.1 Å². The van der Waals surface area contributed by atoms with Gasteiger partial charge in [0.05, 0.1) is 12.5 Å². The van der Waals surface area contributed by atoms with E-state index in [4.69, 9.17) is 5.26 Å². The average molecular weight is 249 g/mol. The van der Waals surface area contributed by atoms with Gasteiger partial charge in [0.2, 0.25) is 5.91 Å². The molecule has 0 N–H and O–H groups in total. The number of nitriles is 1. The fourth-order valence-electron chi connectivity index (χ4n) is 3.30. The number of carbonyl (C=O) groups excluding carboxylic acids is 1. The predicted molar refractivity (Wildman–Crippen MR) is 69.8 cm³/mol. The van der Waals surface area contributed by atoms with Crippen molar-refractivity contribution in [1.82, 2.24) is 9.80 Å². The number of hydrogen-bond acceptors (Lipinski definition) is 3. The summed E-state index contributed by atoms with van der Waals surface area (Å²) in [4.78, 5) is 16.0. The fraction of sp³-hybridized carbons (Fsp3) is 0.857. The van der Waals surface area contributed by atoms with Gasteiger partial charge < -0.3 is 9.80 Å². The van der Waals surface area contributed by atoms with Gasteiger partial charge in [0.1, 0.15) is 0 Å². The van der Waals surface area contributed by atoms with Crippen molar-refractivity contribution in [2.24, 2.45) is 11.8 Å². The van der Waals surface area contributed by atoms with Crippen molar-refractivity contribution < 1.29 is 4.79 Å². The van der Waals surface area contributed by atoms with Crippen LogP contribution in [0.25, 0.3) is 0 Å². The summed E-state index contributed by atoms with van der Waals surface area (Å²) in [5.41, 5.74) is 0. The zero-order valence-electron chi connectivity index (χ0n) is 11.3. The number of carbonyl (C=O) groups is 1. The highest BCUT2D eigenvalue weighted by molar-refractivity contribution is 5.76. The van der Waals surface area contributed by atoms with E-state index < -0.39 is 0 Å². The van der Waals surface area contributed by atoms with Gasteiger partial charge in [0, 0.05) is 39.6 Å². The Bertz CT molecular complexity index is 324. The monoisotopic (exact) mass is 249 g/mol. The van der Waals surface area contributed by atoms with E-state index >= 15 is 0 Å². The molecule has 0 radical (unpaired) electrons. The first-order chi connectivity index (χ1) is 8.70. The second-order valence-corrected chi connectivity index (χ2v) is 5.68. The third kappa shape index (κ3) is 3.23. The molecule has 1 aliphatic heterocycles. The Balaban J connectivity index is 1.66. The molecule has 0 aromatic heterocycles. The van der Waals surface area contributed by atoms with Crippen molar-refractivity contribution in [2.75, 3.05) is 33.2 Å². The molecule has 100 valence electrons. The quantitative estimate of drug-likeness (QED) is 0.741. The molecule has 1 amide bonds. The van der Waals surface area contributed by atoms with Crippen molar-refractivity contribution in [3.05, 3.63) is 0 Å². The van der Waals surface area contributed by atoms with E-state index in [2.05, 4.69) is 11.0 Å². The maximum atomic E-state index is 11.8. The van der Waals surface area contributed by atoms with Crippen molar-refractivity contribution in [2.45, 2.75) is 32.1 Å². The molecule has 1 aliphatic carbocycles. The molecule has 0 bridgehead atoms. The Hall–Kier alpha value is -1.08. The lowest BCUT2D eigenvalue weighted by Crippen LogP contribution is -2.32. The molecule has 18 heavy (non-hydrogen) atoms. The van der Waals surface area contributed by atoms with Gasteiger partial charge in [-0.25, -0.2) is 0 Å². The largest absolute Gasteiger partial charge is 0.345 e. The lowest BCUT2D eigenvalue weighted by molar-refractivity contribution is -0.130. The van der Waals surface area contributed by atoms with Gasteiger partial charge in [-0.15, -0.1) is 0 Å². The normalized spacial score (nSPS) is 26.9. The van der Waals surface area contributed by atoms with Crippen molar-refractivity contribution in [1.29, 1.82) is 5.26 Å². The van der Waals surface area contributed by atoms with E-state index in [0.717, 1.165) is 18.4 Å². The number of nitrogens with zero attached hydrogens (tertiary/aromatic N) is 3. The minimum absolute atomic E-state index is 0.169. The van der Waals surface area contributed by atoms with Crippen LogP contribution < -0.4 is 0 Å². The summed E-state index contributed by atoms with van der Waals surface area (Å²) >= 11 is 0. The molecule has 1 heterocycles. The van der Waals surface area contributed by atoms with Gasteiger partial charge in [-0.3, -0.25) is 4.79 Å². The molecule has 4 heteroatoms. The Labute approximate surface area is 110 Å². The lowest BCUT2D eigenvalue weighted by atomic mass is 10.0. The second kappa shape index (κ2) is 6.19. The van der Waals surface area contributed by atoms with Crippen molar-refractivity contribution in [3.63, 3.8) is 0 Å². The molecule has 2 aliphatic rings. The number of hydrogen-bond donors (Lipinski definition) is 0. The number of fused-ring (bicyclic) bond motifs is 1. The molecule has 0 aromatic carbocycles. The minimum atomic E-state index is 0.169. The Kier molecular flexibility index (Phi) is 4.60. The Morgan fingerprint density at radius 3 is 2.67 bits per heavy atom. The molecule has 4 nitrogen and oxygen atoms in total.